The van der Waals surface area contributed by atoms with E-state index < -0.39 is 10.2 Å². The second kappa shape index (κ2) is 11.1. The molecule has 0 radical (unpaired) electrons. The average Bonchev–Trinajstić information content (AvgIpc) is 3.33. The van der Waals surface area contributed by atoms with Gasteiger partial charge in [0.15, 0.2) is 5.13 Å². The fourth-order valence-electron chi connectivity index (χ4n) is 3.34. The standard InChI is InChI=1S/C26H22N4O4S2/c1-16-6-3-8-19(12-16)25(32)27-20-9-5-11-22(14-20)36-17(2)24(31)29-26-28-23(15-35-26)18-7-4-10-21(13-18)30(33)34/h3-15,17H,1-2H3,(H,27,32)(H,28,29,31). The fourth-order valence-corrected chi connectivity index (χ4v) is 4.99. The molecule has 3 aromatic carbocycles. The number of non-ortho nitro benzene ring substituents is 1. The van der Waals surface area contributed by atoms with Gasteiger partial charge in [0.25, 0.3) is 11.6 Å². The van der Waals surface area contributed by atoms with Gasteiger partial charge in [-0.1, -0.05) is 35.9 Å². The Morgan fingerprint density at radius 3 is 2.58 bits per heavy atom. The second-order valence-corrected chi connectivity index (χ2v) is 10.2. The first-order valence-electron chi connectivity index (χ1n) is 10.9. The van der Waals surface area contributed by atoms with Gasteiger partial charge in [0, 0.05) is 39.2 Å². The minimum Gasteiger partial charge on any atom is -0.322 e. The first-order valence-corrected chi connectivity index (χ1v) is 12.7. The molecule has 0 aliphatic carbocycles. The van der Waals surface area contributed by atoms with Gasteiger partial charge < -0.3 is 10.6 Å². The summed E-state index contributed by atoms with van der Waals surface area (Å²) < 4.78 is 0. The number of anilines is 2. The lowest BCUT2D eigenvalue weighted by atomic mass is 10.1. The van der Waals surface area contributed by atoms with E-state index in [0.29, 0.717) is 27.6 Å². The molecule has 0 aliphatic rings. The molecule has 4 rings (SSSR count). The number of nitro benzene ring substituents is 1. The molecular weight excluding hydrogens is 496 g/mol. The van der Waals surface area contributed by atoms with E-state index >= 15 is 0 Å². The summed E-state index contributed by atoms with van der Waals surface area (Å²) in [5.41, 5.74) is 3.36. The molecule has 0 bridgehead atoms. The van der Waals surface area contributed by atoms with Crippen LogP contribution in [-0.2, 0) is 4.79 Å². The number of thioether (sulfide) groups is 1. The Kier molecular flexibility index (Phi) is 7.77. The molecule has 1 heterocycles. The van der Waals surface area contributed by atoms with Crippen LogP contribution in [0.25, 0.3) is 11.3 Å². The molecule has 0 saturated heterocycles. The highest BCUT2D eigenvalue weighted by Crippen LogP contribution is 2.30. The summed E-state index contributed by atoms with van der Waals surface area (Å²) in [6, 6.07) is 20.9. The Balaban J connectivity index is 1.37. The van der Waals surface area contributed by atoms with Crippen LogP contribution in [0, 0.1) is 17.0 Å². The number of carbonyl (C=O) groups is 2. The van der Waals surface area contributed by atoms with E-state index in [9.17, 15) is 19.7 Å². The van der Waals surface area contributed by atoms with Crippen molar-refractivity contribution in [2.75, 3.05) is 10.6 Å². The molecule has 8 nitrogen and oxygen atoms in total. The van der Waals surface area contributed by atoms with Crippen molar-refractivity contribution in [3.05, 3.63) is 99.4 Å². The molecule has 10 heteroatoms. The third kappa shape index (κ3) is 6.35. The van der Waals surface area contributed by atoms with Crippen molar-refractivity contribution >= 4 is 51.4 Å². The Bertz CT molecular complexity index is 1440. The first-order chi connectivity index (χ1) is 17.3. The van der Waals surface area contributed by atoms with Crippen molar-refractivity contribution in [3.8, 4) is 11.3 Å². The number of nitrogens with zero attached hydrogens (tertiary/aromatic N) is 2. The van der Waals surface area contributed by atoms with Gasteiger partial charge in [0.05, 0.1) is 15.9 Å². The third-order valence-corrected chi connectivity index (χ3v) is 6.99. The van der Waals surface area contributed by atoms with Gasteiger partial charge in [-0.25, -0.2) is 4.98 Å². The maximum atomic E-state index is 12.8. The van der Waals surface area contributed by atoms with Crippen molar-refractivity contribution in [1.82, 2.24) is 4.98 Å². The number of hydrogen-bond acceptors (Lipinski definition) is 7. The summed E-state index contributed by atoms with van der Waals surface area (Å²) in [7, 11) is 0. The number of aryl methyl sites for hydroxylation is 1. The summed E-state index contributed by atoms with van der Waals surface area (Å²) in [4.78, 5) is 41.1. The predicted molar refractivity (Wildman–Crippen MR) is 144 cm³/mol. The van der Waals surface area contributed by atoms with Gasteiger partial charge in [-0.2, -0.15) is 0 Å². The SMILES string of the molecule is Cc1cccc(C(=O)Nc2cccc(SC(C)C(=O)Nc3nc(-c4cccc([N+](=O)[O-])c4)cs3)c2)c1. The highest BCUT2D eigenvalue weighted by Gasteiger charge is 2.17. The molecule has 1 unspecified atom stereocenters. The Morgan fingerprint density at radius 1 is 1.03 bits per heavy atom. The molecule has 182 valence electrons. The van der Waals surface area contributed by atoms with Gasteiger partial charge >= 0.3 is 0 Å². The van der Waals surface area contributed by atoms with Crippen LogP contribution in [0.3, 0.4) is 0 Å². The van der Waals surface area contributed by atoms with Crippen molar-refractivity contribution in [2.45, 2.75) is 24.0 Å². The number of nitrogens with one attached hydrogen (secondary N) is 2. The number of amides is 2. The molecular formula is C26H22N4O4S2. The zero-order valence-electron chi connectivity index (χ0n) is 19.4. The Morgan fingerprint density at radius 2 is 1.81 bits per heavy atom. The van der Waals surface area contributed by atoms with Gasteiger partial charge in [-0.15, -0.1) is 23.1 Å². The molecule has 0 spiro atoms. The molecule has 0 saturated carbocycles. The smallest absolute Gasteiger partial charge is 0.270 e. The highest BCUT2D eigenvalue weighted by molar-refractivity contribution is 8.00. The van der Waals surface area contributed by atoms with Crippen molar-refractivity contribution in [3.63, 3.8) is 0 Å². The lowest BCUT2D eigenvalue weighted by molar-refractivity contribution is -0.384. The van der Waals surface area contributed by atoms with E-state index in [1.165, 1.54) is 35.2 Å². The second-order valence-electron chi connectivity index (χ2n) is 7.95. The Hall–Kier alpha value is -4.02. The van der Waals surface area contributed by atoms with Gasteiger partial charge in [0.2, 0.25) is 5.91 Å². The summed E-state index contributed by atoms with van der Waals surface area (Å²) in [6.07, 6.45) is 0. The minimum absolute atomic E-state index is 0.0200. The largest absolute Gasteiger partial charge is 0.322 e. The molecule has 0 aliphatic heterocycles. The zero-order valence-corrected chi connectivity index (χ0v) is 21.1. The normalized spacial score (nSPS) is 11.5. The molecule has 36 heavy (non-hydrogen) atoms. The van der Waals surface area contributed by atoms with E-state index in [-0.39, 0.29) is 17.5 Å². The summed E-state index contributed by atoms with van der Waals surface area (Å²) in [5.74, 6) is -0.427. The first kappa shape index (κ1) is 25.1. The quantitative estimate of drug-likeness (QED) is 0.158. The zero-order chi connectivity index (χ0) is 25.7. The van der Waals surface area contributed by atoms with Crippen LogP contribution in [0.5, 0.6) is 0 Å². The maximum absolute atomic E-state index is 12.8. The number of rotatable bonds is 8. The predicted octanol–water partition coefficient (Wildman–Crippen LogP) is 6.40. The van der Waals surface area contributed by atoms with Crippen molar-refractivity contribution in [1.29, 1.82) is 0 Å². The van der Waals surface area contributed by atoms with Crippen molar-refractivity contribution in [2.24, 2.45) is 0 Å². The number of carbonyl (C=O) groups excluding carboxylic acids is 2. The van der Waals surface area contributed by atoms with Crippen LogP contribution in [0.15, 0.2) is 83.1 Å². The third-order valence-electron chi connectivity index (χ3n) is 5.14. The van der Waals surface area contributed by atoms with Crippen LogP contribution < -0.4 is 10.6 Å². The van der Waals surface area contributed by atoms with E-state index in [1.54, 1.807) is 36.6 Å². The fraction of sp³-hybridized carbons (Fsp3) is 0.115. The van der Waals surface area contributed by atoms with Gasteiger partial charge in [-0.05, 0) is 44.2 Å². The van der Waals surface area contributed by atoms with Gasteiger partial charge in [-0.3, -0.25) is 19.7 Å². The average molecular weight is 519 g/mol. The van der Waals surface area contributed by atoms with Crippen LogP contribution >= 0.6 is 23.1 Å². The number of thiazole rings is 1. The summed E-state index contributed by atoms with van der Waals surface area (Å²) in [6.45, 7) is 3.72. The molecule has 2 amide bonds. The lowest BCUT2D eigenvalue weighted by Crippen LogP contribution is -2.22. The number of benzene rings is 3. The Labute approximate surface area is 215 Å². The number of nitro groups is 1. The molecule has 4 aromatic rings. The molecule has 0 fully saturated rings. The summed E-state index contributed by atoms with van der Waals surface area (Å²) >= 11 is 2.61. The van der Waals surface area contributed by atoms with E-state index in [0.717, 1.165) is 10.5 Å². The van der Waals surface area contributed by atoms with E-state index in [2.05, 4.69) is 15.6 Å². The van der Waals surface area contributed by atoms with Gasteiger partial charge in [0.1, 0.15) is 0 Å². The number of aromatic nitrogens is 1. The van der Waals surface area contributed by atoms with Crippen LogP contribution in [0.1, 0.15) is 22.8 Å². The lowest BCUT2D eigenvalue weighted by Gasteiger charge is -2.12. The van der Waals surface area contributed by atoms with Crippen LogP contribution in [-0.4, -0.2) is 27.0 Å². The van der Waals surface area contributed by atoms with Crippen molar-refractivity contribution < 1.29 is 14.5 Å². The van der Waals surface area contributed by atoms with E-state index in [4.69, 9.17) is 0 Å². The number of hydrogen-bond donors (Lipinski definition) is 2. The maximum Gasteiger partial charge on any atom is 0.270 e. The van der Waals surface area contributed by atoms with E-state index in [1.807, 2.05) is 43.3 Å². The minimum atomic E-state index is -0.458. The topological polar surface area (TPSA) is 114 Å². The van der Waals surface area contributed by atoms with Crippen LogP contribution in [0.2, 0.25) is 0 Å². The molecule has 1 atom stereocenters. The highest BCUT2D eigenvalue weighted by atomic mass is 32.2. The molecule has 2 N–H and O–H groups in total. The summed E-state index contributed by atoms with van der Waals surface area (Å²) in [5, 5.41) is 18.4. The van der Waals surface area contributed by atoms with Crippen LogP contribution in [0.4, 0.5) is 16.5 Å². The monoisotopic (exact) mass is 518 g/mol. The molecule has 1 aromatic heterocycles.